The normalized spacial score (nSPS) is 13.5. The Kier molecular flexibility index (Phi) is 7.38. The van der Waals surface area contributed by atoms with Gasteiger partial charge >= 0.3 is 0 Å². The number of carbonyl (C=O) groups excluding carboxylic acids is 1. The number of aryl methyl sites for hydroxylation is 1. The van der Waals surface area contributed by atoms with E-state index in [1.807, 2.05) is 30.0 Å². The number of aromatic nitrogens is 4. The average molecular weight is 534 g/mol. The molecule has 38 heavy (non-hydrogen) atoms. The van der Waals surface area contributed by atoms with Crippen LogP contribution in [0.5, 0.6) is 5.75 Å². The van der Waals surface area contributed by atoms with Crippen molar-refractivity contribution in [2.24, 2.45) is 0 Å². The topological polar surface area (TPSA) is 99.6 Å². The van der Waals surface area contributed by atoms with Crippen molar-refractivity contribution in [2.75, 3.05) is 37.7 Å². The molecule has 1 amide bonds. The Morgan fingerprint density at radius 3 is 2.68 bits per heavy atom. The van der Waals surface area contributed by atoms with Gasteiger partial charge in [0.15, 0.2) is 0 Å². The number of carbonyl (C=O) groups is 1. The van der Waals surface area contributed by atoms with Gasteiger partial charge in [0.2, 0.25) is 5.91 Å². The number of pyridine rings is 3. The number of fused-ring (bicyclic) bond motifs is 1. The first kappa shape index (κ1) is 25.4. The zero-order valence-corrected chi connectivity index (χ0v) is 21.5. The number of hydrogen-bond acceptors (Lipinski definition) is 7. The molecule has 1 aliphatic heterocycles. The monoisotopic (exact) mass is 533 g/mol. The molecule has 4 aromatic rings. The third-order valence-electron chi connectivity index (χ3n) is 6.44. The Bertz CT molecular complexity index is 1490. The summed E-state index contributed by atoms with van der Waals surface area (Å²) in [4.78, 5) is 25.4. The Hall–Kier alpha value is -4.23. The molecule has 194 valence electrons. The lowest BCUT2D eigenvalue weighted by atomic mass is 10.1. The largest absolute Gasteiger partial charge is 0.492 e. The fourth-order valence-electron chi connectivity index (χ4n) is 4.60. The molecule has 1 fully saturated rings. The smallest absolute Gasteiger partial charge is 0.223 e. The van der Waals surface area contributed by atoms with Crippen LogP contribution in [0.15, 0.2) is 48.9 Å². The van der Waals surface area contributed by atoms with E-state index in [0.717, 1.165) is 23.0 Å². The van der Waals surface area contributed by atoms with Crippen LogP contribution in [-0.2, 0) is 11.2 Å². The summed E-state index contributed by atoms with van der Waals surface area (Å²) in [6.07, 6.45) is 5.66. The Morgan fingerprint density at radius 2 is 2.00 bits per heavy atom. The summed E-state index contributed by atoms with van der Waals surface area (Å²) >= 11 is 5.81. The number of nitriles is 1. The minimum absolute atomic E-state index is 0.00226. The lowest BCUT2D eigenvalue weighted by Gasteiger charge is -2.35. The highest BCUT2D eigenvalue weighted by Gasteiger charge is 2.22. The van der Waals surface area contributed by atoms with E-state index in [4.69, 9.17) is 16.3 Å². The lowest BCUT2D eigenvalue weighted by molar-refractivity contribution is -0.131. The van der Waals surface area contributed by atoms with Gasteiger partial charge in [-0.15, -0.1) is 0 Å². The van der Waals surface area contributed by atoms with E-state index in [9.17, 15) is 14.4 Å². The van der Waals surface area contributed by atoms with E-state index < -0.39 is 5.82 Å². The van der Waals surface area contributed by atoms with Gasteiger partial charge in [-0.2, -0.15) is 10.4 Å². The van der Waals surface area contributed by atoms with Gasteiger partial charge in [0.25, 0.3) is 0 Å². The van der Waals surface area contributed by atoms with Crippen LogP contribution < -0.4 is 9.64 Å². The number of anilines is 1. The molecule has 5 heterocycles. The van der Waals surface area contributed by atoms with Crippen LogP contribution >= 0.6 is 11.6 Å². The van der Waals surface area contributed by atoms with Gasteiger partial charge in [-0.25, -0.2) is 18.9 Å². The lowest BCUT2D eigenvalue weighted by Crippen LogP contribution is -2.49. The average Bonchev–Trinajstić information content (AvgIpc) is 3.34. The molecular formula is C27H25ClFN7O2. The van der Waals surface area contributed by atoms with Crippen LogP contribution in [0, 0.1) is 17.1 Å². The van der Waals surface area contributed by atoms with E-state index in [1.54, 1.807) is 23.1 Å². The predicted octanol–water partition coefficient (Wildman–Crippen LogP) is 4.14. The van der Waals surface area contributed by atoms with Gasteiger partial charge in [0.05, 0.1) is 30.1 Å². The molecule has 0 N–H and O–H groups in total. The van der Waals surface area contributed by atoms with Crippen molar-refractivity contribution < 1.29 is 13.9 Å². The summed E-state index contributed by atoms with van der Waals surface area (Å²) < 4.78 is 20.9. The van der Waals surface area contributed by atoms with E-state index >= 15 is 0 Å². The molecule has 1 aliphatic rings. The standard InChI is InChI=1S/C27H25ClFN7O2/c1-2-38-22-13-23(27-19(14-30)16-32-36(27)17-22)18-3-5-25(31-15-18)34-7-9-35(10-8-34)26(37)6-4-21-11-20(29)12-24(28)33-21/h3,5,11-13,15-17H,2,4,6-10H2,1H3. The van der Waals surface area contributed by atoms with Gasteiger partial charge < -0.3 is 14.5 Å². The van der Waals surface area contributed by atoms with Gasteiger partial charge in [-0.3, -0.25) is 4.79 Å². The second-order valence-electron chi connectivity index (χ2n) is 8.86. The van der Waals surface area contributed by atoms with E-state index in [1.165, 1.54) is 6.07 Å². The van der Waals surface area contributed by atoms with Gasteiger partial charge in [-0.1, -0.05) is 11.6 Å². The third-order valence-corrected chi connectivity index (χ3v) is 6.63. The molecule has 5 rings (SSSR count). The van der Waals surface area contributed by atoms with Crippen LogP contribution in [0.2, 0.25) is 5.15 Å². The fourth-order valence-corrected chi connectivity index (χ4v) is 4.81. The SMILES string of the molecule is CCOc1cc(-c2ccc(N3CCN(C(=O)CCc4cc(F)cc(Cl)n4)CC3)nc2)c2c(C#N)cnn2c1. The van der Waals surface area contributed by atoms with Crippen LogP contribution in [0.4, 0.5) is 10.2 Å². The highest BCUT2D eigenvalue weighted by molar-refractivity contribution is 6.29. The van der Waals surface area contributed by atoms with Crippen LogP contribution in [0.1, 0.15) is 24.6 Å². The van der Waals surface area contributed by atoms with Crippen molar-refractivity contribution in [3.63, 3.8) is 0 Å². The first-order valence-corrected chi connectivity index (χ1v) is 12.7. The summed E-state index contributed by atoms with van der Waals surface area (Å²) in [6, 6.07) is 10.5. The third kappa shape index (κ3) is 5.38. The van der Waals surface area contributed by atoms with Crippen molar-refractivity contribution >= 4 is 28.8 Å². The van der Waals surface area contributed by atoms with Crippen molar-refractivity contribution in [2.45, 2.75) is 19.8 Å². The molecule has 4 aromatic heterocycles. The molecule has 0 atom stereocenters. The number of amides is 1. The first-order chi connectivity index (χ1) is 18.4. The first-order valence-electron chi connectivity index (χ1n) is 12.3. The molecule has 0 unspecified atom stereocenters. The zero-order chi connectivity index (χ0) is 26.6. The number of ether oxygens (including phenoxy) is 1. The van der Waals surface area contributed by atoms with Crippen molar-refractivity contribution in [3.05, 3.63) is 71.2 Å². The Morgan fingerprint density at radius 1 is 1.18 bits per heavy atom. The van der Waals surface area contributed by atoms with Gasteiger partial charge in [0, 0.05) is 61.7 Å². The summed E-state index contributed by atoms with van der Waals surface area (Å²) in [6.45, 7) is 4.85. The van der Waals surface area contributed by atoms with Crippen LogP contribution in [-0.4, -0.2) is 63.2 Å². The molecule has 0 saturated carbocycles. The highest BCUT2D eigenvalue weighted by atomic mass is 35.5. The summed E-state index contributed by atoms with van der Waals surface area (Å²) in [5.41, 5.74) is 3.30. The molecule has 0 spiro atoms. The maximum Gasteiger partial charge on any atom is 0.223 e. The zero-order valence-electron chi connectivity index (χ0n) is 20.8. The second kappa shape index (κ2) is 11.0. The summed E-state index contributed by atoms with van der Waals surface area (Å²) in [5, 5.41) is 13.9. The van der Waals surface area contributed by atoms with E-state index in [-0.39, 0.29) is 17.5 Å². The maximum absolute atomic E-state index is 13.5. The molecule has 1 saturated heterocycles. The number of piperazine rings is 1. The van der Waals surface area contributed by atoms with Gasteiger partial charge in [-0.05, 0) is 37.6 Å². The molecule has 0 aromatic carbocycles. The predicted molar refractivity (Wildman–Crippen MR) is 141 cm³/mol. The van der Waals surface area contributed by atoms with Crippen molar-refractivity contribution in [3.8, 4) is 22.9 Å². The minimum atomic E-state index is -0.457. The molecule has 0 aliphatic carbocycles. The fraction of sp³-hybridized carbons (Fsp3) is 0.296. The number of halogens is 2. The minimum Gasteiger partial charge on any atom is -0.492 e. The molecule has 9 nitrogen and oxygen atoms in total. The van der Waals surface area contributed by atoms with Gasteiger partial charge in [0.1, 0.15) is 28.6 Å². The van der Waals surface area contributed by atoms with E-state index in [2.05, 4.69) is 26.0 Å². The quantitative estimate of drug-likeness (QED) is 0.329. The Labute approximate surface area is 224 Å². The molecule has 11 heteroatoms. The number of rotatable bonds is 7. The second-order valence-corrected chi connectivity index (χ2v) is 9.25. The highest BCUT2D eigenvalue weighted by Crippen LogP contribution is 2.31. The summed E-state index contributed by atoms with van der Waals surface area (Å²) in [5.74, 6) is 1.01. The van der Waals surface area contributed by atoms with Crippen LogP contribution in [0.3, 0.4) is 0 Å². The molecular weight excluding hydrogens is 509 g/mol. The maximum atomic E-state index is 13.5. The molecule has 0 radical (unpaired) electrons. The van der Waals surface area contributed by atoms with Crippen LogP contribution in [0.25, 0.3) is 16.6 Å². The van der Waals surface area contributed by atoms with Crippen molar-refractivity contribution in [1.82, 2.24) is 24.5 Å². The summed E-state index contributed by atoms with van der Waals surface area (Å²) in [7, 11) is 0. The van der Waals surface area contributed by atoms with E-state index in [0.29, 0.717) is 61.7 Å². The Balaban J connectivity index is 1.24. The van der Waals surface area contributed by atoms with Crippen molar-refractivity contribution in [1.29, 1.82) is 5.26 Å². The molecule has 0 bridgehead atoms. The number of hydrogen-bond donors (Lipinski definition) is 0. The number of nitrogens with zero attached hydrogens (tertiary/aromatic N) is 7.